The molecule has 0 bridgehead atoms. The predicted octanol–water partition coefficient (Wildman–Crippen LogP) is 2.49. The highest BCUT2D eigenvalue weighted by Gasteiger charge is 2.21. The zero-order valence-electron chi connectivity index (χ0n) is 9.60. The Kier molecular flexibility index (Phi) is 4.77. The molecule has 0 unspecified atom stereocenters. The smallest absolute Gasteiger partial charge is 0.0452 e. The minimum absolute atomic E-state index is 0.136. The molecule has 2 nitrogen and oxygen atoms in total. The maximum atomic E-state index is 3.60. The van der Waals surface area contributed by atoms with E-state index >= 15 is 0 Å². The van der Waals surface area contributed by atoms with Gasteiger partial charge in [-0.25, -0.2) is 0 Å². The van der Waals surface area contributed by atoms with E-state index in [1.165, 1.54) is 10.0 Å². The number of halogens is 1. The Morgan fingerprint density at radius 1 is 1.27 bits per heavy atom. The lowest BCUT2D eigenvalue weighted by molar-refractivity contribution is 0.459. The highest BCUT2D eigenvalue weighted by molar-refractivity contribution is 9.10. The zero-order chi connectivity index (χ0) is 11.3. The van der Waals surface area contributed by atoms with E-state index in [9.17, 15) is 0 Å². The van der Waals surface area contributed by atoms with Crippen molar-refractivity contribution in [2.45, 2.75) is 19.3 Å². The summed E-state index contributed by atoms with van der Waals surface area (Å²) in [7, 11) is 1.94. The van der Waals surface area contributed by atoms with Gasteiger partial charge < -0.3 is 10.6 Å². The van der Waals surface area contributed by atoms with Crippen LogP contribution < -0.4 is 10.6 Å². The minimum atomic E-state index is 0.136. The molecular formula is C12H19BrN2. The van der Waals surface area contributed by atoms with Crippen molar-refractivity contribution in [1.29, 1.82) is 0 Å². The summed E-state index contributed by atoms with van der Waals surface area (Å²) in [6.45, 7) is 6.29. The lowest BCUT2D eigenvalue weighted by atomic mass is 9.85. The van der Waals surface area contributed by atoms with Gasteiger partial charge in [-0.1, -0.05) is 48.0 Å². The fourth-order valence-corrected chi connectivity index (χ4v) is 2.43. The zero-order valence-corrected chi connectivity index (χ0v) is 11.2. The molecule has 0 aromatic heterocycles. The molecule has 15 heavy (non-hydrogen) atoms. The van der Waals surface area contributed by atoms with Gasteiger partial charge in [0.05, 0.1) is 0 Å². The topological polar surface area (TPSA) is 24.1 Å². The molecule has 3 heteroatoms. The standard InChI is InChI=1S/C12H19BrN2/c1-12(2,8-15-9-14-3)10-6-4-5-7-11(10)13/h4-7,14-15H,8-9H2,1-3H3. The van der Waals surface area contributed by atoms with Crippen LogP contribution in [0.25, 0.3) is 0 Å². The van der Waals surface area contributed by atoms with Gasteiger partial charge in [-0.15, -0.1) is 0 Å². The van der Waals surface area contributed by atoms with Crippen molar-refractivity contribution >= 4 is 15.9 Å². The van der Waals surface area contributed by atoms with E-state index in [0.29, 0.717) is 0 Å². The summed E-state index contributed by atoms with van der Waals surface area (Å²) in [5.74, 6) is 0. The Morgan fingerprint density at radius 3 is 2.53 bits per heavy atom. The van der Waals surface area contributed by atoms with Crippen LogP contribution in [0.5, 0.6) is 0 Å². The monoisotopic (exact) mass is 270 g/mol. The van der Waals surface area contributed by atoms with Crippen LogP contribution in [-0.4, -0.2) is 20.3 Å². The summed E-state index contributed by atoms with van der Waals surface area (Å²) in [4.78, 5) is 0. The molecule has 0 aliphatic heterocycles. The molecule has 1 aromatic carbocycles. The summed E-state index contributed by atoms with van der Waals surface area (Å²) in [6, 6.07) is 8.39. The molecule has 1 aromatic rings. The van der Waals surface area contributed by atoms with Gasteiger partial charge in [0.2, 0.25) is 0 Å². The Bertz CT molecular complexity index is 310. The van der Waals surface area contributed by atoms with Gasteiger partial charge in [0.1, 0.15) is 0 Å². The highest BCUT2D eigenvalue weighted by atomic mass is 79.9. The molecule has 0 atom stereocenters. The van der Waals surface area contributed by atoms with Crippen molar-refractivity contribution < 1.29 is 0 Å². The number of hydrogen-bond donors (Lipinski definition) is 2. The quantitative estimate of drug-likeness (QED) is 0.635. The fraction of sp³-hybridized carbons (Fsp3) is 0.500. The number of nitrogens with one attached hydrogen (secondary N) is 2. The van der Waals surface area contributed by atoms with Crippen LogP contribution in [0.15, 0.2) is 28.7 Å². The van der Waals surface area contributed by atoms with Crippen LogP contribution in [0.3, 0.4) is 0 Å². The maximum Gasteiger partial charge on any atom is 0.0452 e. The average molecular weight is 271 g/mol. The first-order valence-electron chi connectivity index (χ1n) is 5.18. The third-order valence-electron chi connectivity index (χ3n) is 2.47. The fourth-order valence-electron chi connectivity index (χ4n) is 1.61. The molecule has 0 amide bonds. The van der Waals surface area contributed by atoms with E-state index in [4.69, 9.17) is 0 Å². The summed E-state index contributed by atoms with van der Waals surface area (Å²) >= 11 is 3.60. The van der Waals surface area contributed by atoms with Crippen LogP contribution >= 0.6 is 15.9 Å². The second-order valence-corrected chi connectivity index (χ2v) is 5.18. The van der Waals surface area contributed by atoms with Crippen LogP contribution in [0.2, 0.25) is 0 Å². The highest BCUT2D eigenvalue weighted by Crippen LogP contribution is 2.29. The number of rotatable bonds is 5. The van der Waals surface area contributed by atoms with E-state index in [1.54, 1.807) is 0 Å². The Hall–Kier alpha value is -0.380. The first-order valence-corrected chi connectivity index (χ1v) is 5.97. The van der Waals surface area contributed by atoms with E-state index < -0.39 is 0 Å². The maximum absolute atomic E-state index is 3.60. The summed E-state index contributed by atoms with van der Waals surface area (Å²) in [5, 5.41) is 6.45. The molecule has 84 valence electrons. The van der Waals surface area contributed by atoms with E-state index in [1.807, 2.05) is 13.1 Å². The summed E-state index contributed by atoms with van der Waals surface area (Å²) < 4.78 is 1.18. The lowest BCUT2D eigenvalue weighted by Gasteiger charge is -2.27. The van der Waals surface area contributed by atoms with Crippen molar-refractivity contribution in [2.75, 3.05) is 20.3 Å². The lowest BCUT2D eigenvalue weighted by Crippen LogP contribution is -2.37. The van der Waals surface area contributed by atoms with Crippen molar-refractivity contribution in [1.82, 2.24) is 10.6 Å². The molecule has 0 radical (unpaired) electrons. The summed E-state index contributed by atoms with van der Waals surface area (Å²) in [5.41, 5.74) is 1.48. The van der Waals surface area contributed by atoms with Crippen LogP contribution in [0, 0.1) is 0 Å². The average Bonchev–Trinajstić information content (AvgIpc) is 2.18. The number of hydrogen-bond acceptors (Lipinski definition) is 2. The van der Waals surface area contributed by atoms with Crippen LogP contribution in [0.4, 0.5) is 0 Å². The predicted molar refractivity (Wildman–Crippen MR) is 69.1 cm³/mol. The Morgan fingerprint density at radius 2 is 1.93 bits per heavy atom. The van der Waals surface area contributed by atoms with Gasteiger partial charge >= 0.3 is 0 Å². The molecule has 0 heterocycles. The van der Waals surface area contributed by atoms with Gasteiger partial charge in [0.15, 0.2) is 0 Å². The van der Waals surface area contributed by atoms with Gasteiger partial charge in [0, 0.05) is 23.1 Å². The molecule has 0 aliphatic rings. The molecule has 0 aliphatic carbocycles. The first-order chi connectivity index (χ1) is 7.08. The van der Waals surface area contributed by atoms with Crippen molar-refractivity contribution in [3.63, 3.8) is 0 Å². The largest absolute Gasteiger partial charge is 0.308 e. The third-order valence-corrected chi connectivity index (χ3v) is 3.16. The molecule has 0 fully saturated rings. The molecule has 0 spiro atoms. The molecular weight excluding hydrogens is 252 g/mol. The second kappa shape index (κ2) is 5.64. The van der Waals surface area contributed by atoms with E-state index in [-0.39, 0.29) is 5.41 Å². The minimum Gasteiger partial charge on any atom is -0.308 e. The summed E-state index contributed by atoms with van der Waals surface area (Å²) in [6.07, 6.45) is 0. The van der Waals surface area contributed by atoms with Gasteiger partial charge in [-0.3, -0.25) is 0 Å². The van der Waals surface area contributed by atoms with Gasteiger partial charge in [0.25, 0.3) is 0 Å². The number of benzene rings is 1. The molecule has 1 rings (SSSR count). The normalized spacial score (nSPS) is 11.7. The molecule has 0 saturated heterocycles. The van der Waals surface area contributed by atoms with Gasteiger partial charge in [-0.05, 0) is 18.7 Å². The molecule has 2 N–H and O–H groups in total. The molecule has 0 saturated carbocycles. The van der Waals surface area contributed by atoms with Crippen molar-refractivity contribution in [3.8, 4) is 0 Å². The van der Waals surface area contributed by atoms with E-state index in [0.717, 1.165) is 13.2 Å². The van der Waals surface area contributed by atoms with E-state index in [2.05, 4.69) is 58.6 Å². The van der Waals surface area contributed by atoms with Crippen LogP contribution in [0.1, 0.15) is 19.4 Å². The second-order valence-electron chi connectivity index (χ2n) is 4.32. The SMILES string of the molecule is CNCNCC(C)(C)c1ccccc1Br. The Labute approximate surface area is 101 Å². The van der Waals surface area contributed by atoms with Crippen LogP contribution in [-0.2, 0) is 5.41 Å². The van der Waals surface area contributed by atoms with Crippen molar-refractivity contribution in [3.05, 3.63) is 34.3 Å². The van der Waals surface area contributed by atoms with Crippen molar-refractivity contribution in [2.24, 2.45) is 0 Å². The first kappa shape index (κ1) is 12.7. The van der Waals surface area contributed by atoms with Gasteiger partial charge in [-0.2, -0.15) is 0 Å². The Balaban J connectivity index is 2.72. The third kappa shape index (κ3) is 3.59.